The van der Waals surface area contributed by atoms with Gasteiger partial charge in [-0.2, -0.15) is 0 Å². The molecule has 2 aromatic carbocycles. The van der Waals surface area contributed by atoms with Crippen molar-refractivity contribution in [1.29, 1.82) is 0 Å². The van der Waals surface area contributed by atoms with Crippen molar-refractivity contribution in [1.82, 2.24) is 0 Å². The minimum absolute atomic E-state index is 0.0527. The van der Waals surface area contributed by atoms with Gasteiger partial charge in [-0.15, -0.1) is 0 Å². The van der Waals surface area contributed by atoms with Crippen LogP contribution >= 0.6 is 11.6 Å². The number of methoxy groups -OCH3 is 1. The Morgan fingerprint density at radius 1 is 1.19 bits per heavy atom. The van der Waals surface area contributed by atoms with Crippen LogP contribution in [0, 0.1) is 5.82 Å². The maximum Gasteiger partial charge on any atom is 0.262 e. The maximum absolute atomic E-state index is 13.0. The Morgan fingerprint density at radius 2 is 1.86 bits per heavy atom. The highest BCUT2D eigenvalue weighted by Gasteiger charge is 2.06. The number of anilines is 1. The Kier molecular flexibility index (Phi) is 5.00. The van der Waals surface area contributed by atoms with Crippen LogP contribution in [0.1, 0.15) is 0 Å². The number of carbonyl (C=O) groups is 1. The third kappa shape index (κ3) is 4.36. The highest BCUT2D eigenvalue weighted by molar-refractivity contribution is 6.30. The van der Waals surface area contributed by atoms with E-state index in [-0.39, 0.29) is 17.5 Å². The predicted molar refractivity (Wildman–Crippen MR) is 78.5 cm³/mol. The first-order chi connectivity index (χ1) is 10.1. The molecule has 0 aliphatic carbocycles. The summed E-state index contributed by atoms with van der Waals surface area (Å²) in [6, 6.07) is 10.8. The van der Waals surface area contributed by atoms with E-state index in [0.717, 1.165) is 0 Å². The Labute approximate surface area is 126 Å². The van der Waals surface area contributed by atoms with E-state index in [1.807, 2.05) is 0 Å². The van der Waals surface area contributed by atoms with E-state index in [2.05, 4.69) is 5.32 Å². The average Bonchev–Trinajstić information content (AvgIpc) is 2.49. The zero-order chi connectivity index (χ0) is 15.2. The molecule has 4 nitrogen and oxygen atoms in total. The monoisotopic (exact) mass is 309 g/mol. The molecular weight excluding hydrogens is 297 g/mol. The number of nitrogens with one attached hydrogen (secondary N) is 1. The summed E-state index contributed by atoms with van der Waals surface area (Å²) >= 11 is 5.62. The van der Waals surface area contributed by atoms with Gasteiger partial charge in [-0.1, -0.05) is 11.6 Å². The number of amides is 1. The highest BCUT2D eigenvalue weighted by Crippen LogP contribution is 2.21. The SMILES string of the molecule is COc1ccc(NC(=O)COc2ccc(F)c(Cl)c2)cc1. The molecule has 0 aliphatic rings. The molecule has 0 aromatic heterocycles. The molecule has 0 atom stereocenters. The maximum atomic E-state index is 13.0. The number of benzene rings is 2. The van der Waals surface area contributed by atoms with Gasteiger partial charge in [-0.05, 0) is 36.4 Å². The molecule has 0 aliphatic heterocycles. The van der Waals surface area contributed by atoms with Crippen molar-refractivity contribution < 1.29 is 18.7 Å². The van der Waals surface area contributed by atoms with Crippen molar-refractivity contribution in [2.75, 3.05) is 19.0 Å². The molecule has 0 radical (unpaired) electrons. The molecule has 2 aromatic rings. The smallest absolute Gasteiger partial charge is 0.262 e. The number of halogens is 2. The lowest BCUT2D eigenvalue weighted by Gasteiger charge is -2.08. The van der Waals surface area contributed by atoms with Gasteiger partial charge in [-0.25, -0.2) is 4.39 Å². The molecule has 1 amide bonds. The number of rotatable bonds is 5. The third-order valence-corrected chi connectivity index (χ3v) is 2.92. The average molecular weight is 310 g/mol. The van der Waals surface area contributed by atoms with Gasteiger partial charge in [0.05, 0.1) is 12.1 Å². The molecule has 0 saturated carbocycles. The first-order valence-electron chi connectivity index (χ1n) is 6.10. The summed E-state index contributed by atoms with van der Waals surface area (Å²) in [7, 11) is 1.56. The summed E-state index contributed by atoms with van der Waals surface area (Å²) in [4.78, 5) is 11.7. The number of hydrogen-bond acceptors (Lipinski definition) is 3. The van der Waals surface area contributed by atoms with Gasteiger partial charge in [0.2, 0.25) is 0 Å². The normalized spacial score (nSPS) is 10.0. The molecule has 0 unspecified atom stereocenters. The number of hydrogen-bond donors (Lipinski definition) is 1. The summed E-state index contributed by atoms with van der Waals surface area (Å²) in [5, 5.41) is 2.61. The molecule has 2 rings (SSSR count). The third-order valence-electron chi connectivity index (χ3n) is 2.63. The van der Waals surface area contributed by atoms with Crippen molar-refractivity contribution in [3.05, 3.63) is 53.3 Å². The number of ether oxygens (including phenoxy) is 2. The molecule has 110 valence electrons. The molecule has 0 spiro atoms. The van der Waals surface area contributed by atoms with E-state index in [1.165, 1.54) is 18.2 Å². The van der Waals surface area contributed by atoms with Gasteiger partial charge in [-0.3, -0.25) is 4.79 Å². The fraction of sp³-hybridized carbons (Fsp3) is 0.133. The Morgan fingerprint density at radius 3 is 2.48 bits per heavy atom. The van der Waals surface area contributed by atoms with Crippen molar-refractivity contribution in [2.45, 2.75) is 0 Å². The summed E-state index contributed by atoms with van der Waals surface area (Å²) in [5.74, 6) is 0.156. The minimum Gasteiger partial charge on any atom is -0.497 e. The molecule has 0 saturated heterocycles. The highest BCUT2D eigenvalue weighted by atomic mass is 35.5. The molecule has 0 bridgehead atoms. The molecule has 0 heterocycles. The van der Waals surface area contributed by atoms with E-state index < -0.39 is 5.82 Å². The van der Waals surface area contributed by atoms with Crippen LogP contribution in [-0.2, 0) is 4.79 Å². The second-order valence-corrected chi connectivity index (χ2v) is 4.55. The van der Waals surface area contributed by atoms with Crippen LogP contribution < -0.4 is 14.8 Å². The lowest BCUT2D eigenvalue weighted by Crippen LogP contribution is -2.20. The fourth-order valence-electron chi connectivity index (χ4n) is 1.59. The van der Waals surface area contributed by atoms with Gasteiger partial charge in [0.25, 0.3) is 5.91 Å². The van der Waals surface area contributed by atoms with E-state index in [1.54, 1.807) is 31.4 Å². The lowest BCUT2D eigenvalue weighted by molar-refractivity contribution is -0.118. The minimum atomic E-state index is -0.535. The lowest BCUT2D eigenvalue weighted by atomic mass is 10.3. The van der Waals surface area contributed by atoms with Crippen LogP contribution in [-0.4, -0.2) is 19.6 Å². The van der Waals surface area contributed by atoms with Crippen molar-refractivity contribution in [3.8, 4) is 11.5 Å². The van der Waals surface area contributed by atoms with Crippen molar-refractivity contribution in [2.24, 2.45) is 0 Å². The molecular formula is C15H13ClFNO3. The van der Waals surface area contributed by atoms with Gasteiger partial charge >= 0.3 is 0 Å². The summed E-state index contributed by atoms with van der Waals surface area (Å²) in [6.07, 6.45) is 0. The van der Waals surface area contributed by atoms with Crippen LogP contribution in [0.25, 0.3) is 0 Å². The van der Waals surface area contributed by atoms with Crippen LogP contribution in [0.2, 0.25) is 5.02 Å². The van der Waals surface area contributed by atoms with E-state index >= 15 is 0 Å². The summed E-state index contributed by atoms with van der Waals surface area (Å²) < 4.78 is 23.2. The molecule has 6 heteroatoms. The van der Waals surface area contributed by atoms with Gasteiger partial charge < -0.3 is 14.8 Å². The Hall–Kier alpha value is -2.27. The quantitative estimate of drug-likeness (QED) is 0.919. The summed E-state index contributed by atoms with van der Waals surface area (Å²) in [5.41, 5.74) is 0.626. The Bertz CT molecular complexity index is 631. The van der Waals surface area contributed by atoms with Crippen LogP contribution in [0.5, 0.6) is 11.5 Å². The topological polar surface area (TPSA) is 47.6 Å². The van der Waals surface area contributed by atoms with E-state index in [4.69, 9.17) is 21.1 Å². The standard InChI is InChI=1S/C15H13ClFNO3/c1-20-11-4-2-10(3-5-11)18-15(19)9-21-12-6-7-14(17)13(16)8-12/h2-8H,9H2,1H3,(H,18,19). The summed E-state index contributed by atoms with van der Waals surface area (Å²) in [6.45, 7) is -0.200. The van der Waals surface area contributed by atoms with Crippen LogP contribution in [0.3, 0.4) is 0 Å². The fourth-order valence-corrected chi connectivity index (χ4v) is 1.76. The second kappa shape index (κ2) is 6.95. The molecule has 0 fully saturated rings. The molecule has 1 N–H and O–H groups in total. The van der Waals surface area contributed by atoms with E-state index in [9.17, 15) is 9.18 Å². The van der Waals surface area contributed by atoms with Crippen LogP contribution in [0.4, 0.5) is 10.1 Å². The molecule has 21 heavy (non-hydrogen) atoms. The second-order valence-electron chi connectivity index (χ2n) is 4.14. The first kappa shape index (κ1) is 15.1. The predicted octanol–water partition coefficient (Wildman–Crippen LogP) is 3.51. The zero-order valence-electron chi connectivity index (χ0n) is 11.2. The number of carbonyl (C=O) groups excluding carboxylic acids is 1. The van der Waals surface area contributed by atoms with Gasteiger partial charge in [0.15, 0.2) is 6.61 Å². The van der Waals surface area contributed by atoms with E-state index in [0.29, 0.717) is 17.2 Å². The largest absolute Gasteiger partial charge is 0.497 e. The van der Waals surface area contributed by atoms with Gasteiger partial charge in [0.1, 0.15) is 17.3 Å². The van der Waals surface area contributed by atoms with Crippen molar-refractivity contribution >= 4 is 23.2 Å². The Balaban J connectivity index is 1.87. The van der Waals surface area contributed by atoms with Crippen LogP contribution in [0.15, 0.2) is 42.5 Å². The van der Waals surface area contributed by atoms with Gasteiger partial charge in [0, 0.05) is 11.8 Å². The van der Waals surface area contributed by atoms with Crippen molar-refractivity contribution in [3.63, 3.8) is 0 Å². The zero-order valence-corrected chi connectivity index (χ0v) is 12.0. The first-order valence-corrected chi connectivity index (χ1v) is 6.48.